The number of epoxide rings is 3. The predicted molar refractivity (Wildman–Crippen MR) is 77.4 cm³/mol. The molecule has 0 aromatic rings. The molecule has 0 amide bonds. The van der Waals surface area contributed by atoms with E-state index in [1.807, 2.05) is 0 Å². The Morgan fingerprint density at radius 2 is 1.57 bits per heavy atom. The van der Waals surface area contributed by atoms with E-state index in [0.717, 1.165) is 65.3 Å². The van der Waals surface area contributed by atoms with Crippen LogP contribution in [-0.2, 0) is 23.7 Å². The molecular formula is C16H28O5. The summed E-state index contributed by atoms with van der Waals surface area (Å²) in [6, 6.07) is 0. The van der Waals surface area contributed by atoms with Crippen LogP contribution in [-0.4, -0.2) is 65.1 Å². The summed E-state index contributed by atoms with van der Waals surface area (Å²) in [6.45, 7) is 4.97. The molecule has 5 heteroatoms. The van der Waals surface area contributed by atoms with Gasteiger partial charge in [-0.15, -0.1) is 0 Å². The highest BCUT2D eigenvalue weighted by Gasteiger charge is 2.35. The summed E-state index contributed by atoms with van der Waals surface area (Å²) in [5.41, 5.74) is 0.116. The monoisotopic (exact) mass is 300 g/mol. The van der Waals surface area contributed by atoms with E-state index in [0.29, 0.717) is 18.3 Å². The van der Waals surface area contributed by atoms with E-state index in [1.165, 1.54) is 6.42 Å². The van der Waals surface area contributed by atoms with Gasteiger partial charge in [0.05, 0.1) is 51.8 Å². The van der Waals surface area contributed by atoms with Crippen LogP contribution < -0.4 is 0 Å². The summed E-state index contributed by atoms with van der Waals surface area (Å²) in [6.07, 6.45) is 7.03. The van der Waals surface area contributed by atoms with Gasteiger partial charge in [0.1, 0.15) is 6.10 Å². The third-order valence-corrected chi connectivity index (χ3v) is 4.60. The average molecular weight is 300 g/mol. The molecule has 0 aromatic carbocycles. The minimum Gasteiger partial charge on any atom is -0.384 e. The van der Waals surface area contributed by atoms with Crippen LogP contribution in [0.1, 0.15) is 32.1 Å². The first-order valence-electron chi connectivity index (χ1n) is 8.21. The lowest BCUT2D eigenvalue weighted by molar-refractivity contribution is -0.0253. The minimum atomic E-state index is 0.116. The van der Waals surface area contributed by atoms with Crippen LogP contribution in [0.2, 0.25) is 0 Å². The molecule has 3 aliphatic rings. The second-order valence-corrected chi connectivity index (χ2v) is 6.75. The zero-order valence-corrected chi connectivity index (χ0v) is 13.1. The summed E-state index contributed by atoms with van der Waals surface area (Å²) in [4.78, 5) is 0. The van der Waals surface area contributed by atoms with Gasteiger partial charge in [-0.1, -0.05) is 6.42 Å². The van der Waals surface area contributed by atoms with Crippen molar-refractivity contribution in [3.8, 4) is 0 Å². The van der Waals surface area contributed by atoms with E-state index in [9.17, 15) is 0 Å². The van der Waals surface area contributed by atoms with Gasteiger partial charge in [-0.2, -0.15) is 0 Å². The number of methoxy groups -OCH3 is 1. The van der Waals surface area contributed by atoms with Crippen molar-refractivity contribution in [3.05, 3.63) is 0 Å². The lowest BCUT2D eigenvalue weighted by Crippen LogP contribution is -2.33. The third kappa shape index (κ3) is 5.83. The normalized spacial score (nSPS) is 32.7. The Hall–Kier alpha value is -0.200. The van der Waals surface area contributed by atoms with E-state index in [4.69, 9.17) is 23.7 Å². The van der Waals surface area contributed by atoms with E-state index in [1.54, 1.807) is 7.11 Å². The molecule has 4 atom stereocenters. The molecule has 0 bridgehead atoms. The molecule has 0 aliphatic carbocycles. The predicted octanol–water partition coefficient (Wildman–Crippen LogP) is 1.78. The first kappa shape index (κ1) is 15.7. The Morgan fingerprint density at radius 3 is 2.19 bits per heavy atom. The summed E-state index contributed by atoms with van der Waals surface area (Å²) < 4.78 is 27.3. The Bertz CT molecular complexity index is 292. The summed E-state index contributed by atoms with van der Waals surface area (Å²) in [5, 5.41) is 0. The number of hydrogen-bond acceptors (Lipinski definition) is 5. The fourth-order valence-corrected chi connectivity index (χ4v) is 2.97. The number of hydrogen-bond donors (Lipinski definition) is 0. The standard InChI is InChI=1S/C16H28O5/c1-17-11-16(6-4-14-9-20-14,5-2-3-13-8-19-13)12-18-7-15-10-21-15/h13-15H,2-12H2,1H3. The van der Waals surface area contributed by atoms with Crippen LogP contribution in [0.25, 0.3) is 0 Å². The minimum absolute atomic E-state index is 0.116. The maximum Gasteiger partial charge on any atom is 0.104 e. The summed E-state index contributed by atoms with van der Waals surface area (Å²) in [7, 11) is 1.79. The lowest BCUT2D eigenvalue weighted by Gasteiger charge is -2.33. The fraction of sp³-hybridized carbons (Fsp3) is 1.00. The highest BCUT2D eigenvalue weighted by Crippen LogP contribution is 2.35. The lowest BCUT2D eigenvalue weighted by atomic mass is 9.79. The van der Waals surface area contributed by atoms with Gasteiger partial charge in [0.25, 0.3) is 0 Å². The topological polar surface area (TPSA) is 56.0 Å². The molecule has 3 heterocycles. The molecule has 5 nitrogen and oxygen atoms in total. The van der Waals surface area contributed by atoms with Crippen molar-refractivity contribution in [2.24, 2.45) is 5.41 Å². The molecule has 21 heavy (non-hydrogen) atoms. The highest BCUT2D eigenvalue weighted by molar-refractivity contribution is 4.84. The van der Waals surface area contributed by atoms with Gasteiger partial charge in [-0.3, -0.25) is 0 Å². The Kier molecular flexibility index (Phi) is 5.51. The first-order valence-corrected chi connectivity index (χ1v) is 8.21. The van der Waals surface area contributed by atoms with Crippen LogP contribution >= 0.6 is 0 Å². The summed E-state index contributed by atoms with van der Waals surface area (Å²) in [5.74, 6) is 0. The Labute approximate surface area is 127 Å². The summed E-state index contributed by atoms with van der Waals surface area (Å²) >= 11 is 0. The second kappa shape index (κ2) is 7.38. The number of ether oxygens (including phenoxy) is 5. The maximum atomic E-state index is 5.92. The zero-order chi connectivity index (χ0) is 14.5. The molecule has 4 unspecified atom stereocenters. The molecule has 3 saturated heterocycles. The maximum absolute atomic E-state index is 5.92. The Morgan fingerprint density at radius 1 is 0.905 bits per heavy atom. The van der Waals surface area contributed by atoms with Gasteiger partial charge in [0.2, 0.25) is 0 Å². The SMILES string of the molecule is COCC(CCCC1CO1)(CCC1CO1)COCC1CO1. The quantitative estimate of drug-likeness (QED) is 0.485. The van der Waals surface area contributed by atoms with Crippen LogP contribution in [0.3, 0.4) is 0 Å². The van der Waals surface area contributed by atoms with E-state index in [-0.39, 0.29) is 5.41 Å². The van der Waals surface area contributed by atoms with Crippen molar-refractivity contribution in [2.45, 2.75) is 50.4 Å². The van der Waals surface area contributed by atoms with Gasteiger partial charge in [0, 0.05) is 12.5 Å². The van der Waals surface area contributed by atoms with Crippen molar-refractivity contribution in [3.63, 3.8) is 0 Å². The largest absolute Gasteiger partial charge is 0.384 e. The zero-order valence-electron chi connectivity index (χ0n) is 13.1. The molecular weight excluding hydrogens is 272 g/mol. The molecule has 3 rings (SSSR count). The van der Waals surface area contributed by atoms with Crippen molar-refractivity contribution in [1.82, 2.24) is 0 Å². The van der Waals surface area contributed by atoms with Crippen LogP contribution in [0.15, 0.2) is 0 Å². The number of rotatable bonds is 13. The molecule has 122 valence electrons. The second-order valence-electron chi connectivity index (χ2n) is 6.75. The van der Waals surface area contributed by atoms with Gasteiger partial charge in [0.15, 0.2) is 0 Å². The average Bonchev–Trinajstić information content (AvgIpc) is 3.33. The van der Waals surface area contributed by atoms with E-state index in [2.05, 4.69) is 0 Å². The van der Waals surface area contributed by atoms with Crippen LogP contribution in [0.5, 0.6) is 0 Å². The van der Waals surface area contributed by atoms with Crippen LogP contribution in [0.4, 0.5) is 0 Å². The van der Waals surface area contributed by atoms with E-state index < -0.39 is 0 Å². The van der Waals surface area contributed by atoms with Gasteiger partial charge >= 0.3 is 0 Å². The molecule has 3 fully saturated rings. The van der Waals surface area contributed by atoms with E-state index >= 15 is 0 Å². The molecule has 0 N–H and O–H groups in total. The Balaban J connectivity index is 1.46. The molecule has 3 aliphatic heterocycles. The van der Waals surface area contributed by atoms with Crippen molar-refractivity contribution >= 4 is 0 Å². The van der Waals surface area contributed by atoms with Crippen molar-refractivity contribution < 1.29 is 23.7 Å². The molecule has 0 spiro atoms. The van der Waals surface area contributed by atoms with Crippen molar-refractivity contribution in [2.75, 3.05) is 46.8 Å². The van der Waals surface area contributed by atoms with Crippen LogP contribution in [0, 0.1) is 5.41 Å². The molecule has 0 radical (unpaired) electrons. The molecule has 0 saturated carbocycles. The highest BCUT2D eigenvalue weighted by atomic mass is 16.6. The van der Waals surface area contributed by atoms with Gasteiger partial charge in [-0.05, 0) is 25.7 Å². The molecule has 0 aromatic heterocycles. The van der Waals surface area contributed by atoms with Gasteiger partial charge in [-0.25, -0.2) is 0 Å². The third-order valence-electron chi connectivity index (χ3n) is 4.60. The van der Waals surface area contributed by atoms with Gasteiger partial charge < -0.3 is 23.7 Å². The first-order chi connectivity index (χ1) is 10.3. The fourth-order valence-electron chi connectivity index (χ4n) is 2.97. The van der Waals surface area contributed by atoms with Crippen molar-refractivity contribution in [1.29, 1.82) is 0 Å². The smallest absolute Gasteiger partial charge is 0.104 e.